The van der Waals surface area contributed by atoms with E-state index in [2.05, 4.69) is 4.72 Å². The number of nitrogens with two attached hydrogens (primary N) is 1. The first-order valence-corrected chi connectivity index (χ1v) is 8.28. The zero-order valence-electron chi connectivity index (χ0n) is 10.2. The first-order chi connectivity index (χ1) is 9.40. The lowest BCUT2D eigenvalue weighted by Crippen LogP contribution is -2.23. The molecule has 0 saturated carbocycles. The highest BCUT2D eigenvalue weighted by atomic mass is 32.2. The summed E-state index contributed by atoms with van der Waals surface area (Å²) < 4.78 is 40.1. The van der Waals surface area contributed by atoms with Crippen molar-refractivity contribution in [1.82, 2.24) is 4.72 Å². The van der Waals surface area contributed by atoms with Crippen molar-refractivity contribution in [2.24, 2.45) is 5.73 Å². The summed E-state index contributed by atoms with van der Waals surface area (Å²) in [6, 6.07) is 7.33. The number of sulfonamides is 1. The molecule has 0 spiro atoms. The third kappa shape index (κ3) is 3.40. The van der Waals surface area contributed by atoms with Crippen LogP contribution in [-0.2, 0) is 16.6 Å². The summed E-state index contributed by atoms with van der Waals surface area (Å²) in [6.07, 6.45) is 0. The normalized spacial score (nSPS) is 11.4. The van der Waals surface area contributed by atoms with Crippen molar-refractivity contribution < 1.29 is 12.8 Å². The minimum Gasteiger partial charge on any atom is -0.389 e. The maximum Gasteiger partial charge on any atom is 0.250 e. The van der Waals surface area contributed by atoms with Crippen LogP contribution in [0.4, 0.5) is 4.39 Å². The molecule has 0 saturated heterocycles. The lowest BCUT2D eigenvalue weighted by Gasteiger charge is -2.07. The van der Waals surface area contributed by atoms with E-state index in [0.29, 0.717) is 5.56 Å². The van der Waals surface area contributed by atoms with Crippen LogP contribution in [0.3, 0.4) is 0 Å². The molecule has 2 rings (SSSR count). The molecule has 0 radical (unpaired) electrons. The Balaban J connectivity index is 2.14. The number of thiophene rings is 1. The fraction of sp³-hybridized carbons (Fsp3) is 0.0833. The van der Waals surface area contributed by atoms with Gasteiger partial charge in [0.15, 0.2) is 0 Å². The van der Waals surface area contributed by atoms with E-state index in [-0.39, 0.29) is 21.3 Å². The first kappa shape index (κ1) is 15.0. The molecule has 1 heterocycles. The number of hydrogen-bond acceptors (Lipinski definition) is 4. The molecule has 2 aromatic rings. The minimum atomic E-state index is -3.61. The fourth-order valence-corrected chi connectivity index (χ4v) is 3.68. The highest BCUT2D eigenvalue weighted by Gasteiger charge is 2.15. The zero-order chi connectivity index (χ0) is 14.8. The number of halogens is 1. The predicted octanol–water partition coefficient (Wildman–Crippen LogP) is 2.00. The number of rotatable bonds is 5. The second-order valence-electron chi connectivity index (χ2n) is 3.93. The van der Waals surface area contributed by atoms with E-state index in [0.717, 1.165) is 11.3 Å². The van der Waals surface area contributed by atoms with E-state index in [1.54, 1.807) is 17.5 Å². The van der Waals surface area contributed by atoms with Crippen LogP contribution in [0.25, 0.3) is 0 Å². The predicted molar refractivity (Wildman–Crippen MR) is 80.6 cm³/mol. The summed E-state index contributed by atoms with van der Waals surface area (Å²) in [5.41, 5.74) is 6.03. The van der Waals surface area contributed by atoms with Crippen molar-refractivity contribution >= 4 is 38.6 Å². The fourth-order valence-electron chi connectivity index (χ4n) is 1.50. The van der Waals surface area contributed by atoms with Gasteiger partial charge in [-0.3, -0.25) is 0 Å². The monoisotopic (exact) mass is 330 g/mol. The van der Waals surface area contributed by atoms with Crippen molar-refractivity contribution in [3.8, 4) is 0 Å². The molecular formula is C12H11FN2O2S3. The highest BCUT2D eigenvalue weighted by molar-refractivity contribution is 7.91. The Kier molecular flexibility index (Phi) is 4.48. The Hall–Kier alpha value is -1.35. The van der Waals surface area contributed by atoms with Crippen LogP contribution in [0, 0.1) is 5.82 Å². The quantitative estimate of drug-likeness (QED) is 0.823. The van der Waals surface area contributed by atoms with Gasteiger partial charge in [-0.2, -0.15) is 0 Å². The van der Waals surface area contributed by atoms with Crippen molar-refractivity contribution in [1.29, 1.82) is 0 Å². The van der Waals surface area contributed by atoms with Crippen LogP contribution in [-0.4, -0.2) is 13.4 Å². The lowest BCUT2D eigenvalue weighted by molar-refractivity contribution is 0.576. The molecule has 4 nitrogen and oxygen atoms in total. The minimum absolute atomic E-state index is 0.0922. The van der Waals surface area contributed by atoms with Gasteiger partial charge < -0.3 is 5.73 Å². The first-order valence-electron chi connectivity index (χ1n) is 5.51. The van der Waals surface area contributed by atoms with Gasteiger partial charge in [0.25, 0.3) is 0 Å². The van der Waals surface area contributed by atoms with Crippen molar-refractivity contribution in [3.63, 3.8) is 0 Å². The van der Waals surface area contributed by atoms with Crippen LogP contribution in [0.5, 0.6) is 0 Å². The summed E-state index contributed by atoms with van der Waals surface area (Å²) in [5, 5.41) is 1.66. The van der Waals surface area contributed by atoms with Crippen LogP contribution in [0.15, 0.2) is 39.9 Å². The molecule has 3 N–H and O–H groups in total. The van der Waals surface area contributed by atoms with Gasteiger partial charge in [-0.05, 0) is 17.5 Å². The largest absolute Gasteiger partial charge is 0.389 e. The molecule has 106 valence electrons. The summed E-state index contributed by atoms with van der Waals surface area (Å²) in [5.74, 6) is -0.552. The van der Waals surface area contributed by atoms with Crippen molar-refractivity contribution in [2.75, 3.05) is 0 Å². The Morgan fingerprint density at radius 2 is 2.15 bits per heavy atom. The number of hydrogen-bond donors (Lipinski definition) is 2. The highest BCUT2D eigenvalue weighted by Crippen LogP contribution is 2.17. The molecule has 0 amide bonds. The van der Waals surface area contributed by atoms with E-state index in [1.807, 2.05) is 0 Å². The molecule has 0 unspecified atom stereocenters. The van der Waals surface area contributed by atoms with Gasteiger partial charge in [0, 0.05) is 17.7 Å². The number of benzene rings is 1. The Bertz CT molecular complexity index is 727. The van der Waals surface area contributed by atoms with Crippen LogP contribution in [0.1, 0.15) is 11.1 Å². The van der Waals surface area contributed by atoms with Gasteiger partial charge in [0.2, 0.25) is 10.0 Å². The molecule has 20 heavy (non-hydrogen) atoms. The van der Waals surface area contributed by atoms with Gasteiger partial charge in [-0.15, -0.1) is 11.3 Å². The summed E-state index contributed by atoms with van der Waals surface area (Å²) in [4.78, 5) is 0.0922. The Morgan fingerprint density at radius 3 is 2.70 bits per heavy atom. The third-order valence-electron chi connectivity index (χ3n) is 2.55. The number of thiocarbonyl (C=S) groups is 1. The van der Waals surface area contributed by atoms with Crippen molar-refractivity contribution in [2.45, 2.75) is 10.8 Å². The third-order valence-corrected chi connectivity index (χ3v) is 5.58. The summed E-state index contributed by atoms with van der Waals surface area (Å²) >= 11 is 5.84. The standard InChI is InChI=1S/C12H11FN2O2S3/c13-10-6-8(12(14)18)3-4-9(10)7-15-20(16,17)11-2-1-5-19-11/h1-6,15H,7H2,(H2,14,18). The maximum absolute atomic E-state index is 13.8. The smallest absolute Gasteiger partial charge is 0.250 e. The van der Waals surface area contributed by atoms with Crippen LogP contribution in [0.2, 0.25) is 0 Å². The molecule has 0 aliphatic carbocycles. The van der Waals surface area contributed by atoms with Crippen LogP contribution >= 0.6 is 23.6 Å². The molecule has 8 heteroatoms. The number of nitrogens with one attached hydrogen (secondary N) is 1. The van der Waals surface area contributed by atoms with Gasteiger partial charge in [0.05, 0.1) is 0 Å². The van der Waals surface area contributed by atoms with Gasteiger partial charge >= 0.3 is 0 Å². The molecule has 0 aliphatic rings. The molecule has 0 bridgehead atoms. The Labute approximate surface area is 125 Å². The molecule has 1 aromatic carbocycles. The van der Waals surface area contributed by atoms with Crippen LogP contribution < -0.4 is 10.5 Å². The van der Waals surface area contributed by atoms with E-state index in [4.69, 9.17) is 18.0 Å². The lowest BCUT2D eigenvalue weighted by atomic mass is 10.1. The van der Waals surface area contributed by atoms with Gasteiger partial charge in [-0.25, -0.2) is 17.5 Å². The molecule has 0 aliphatic heterocycles. The average Bonchev–Trinajstić information content (AvgIpc) is 2.91. The summed E-state index contributed by atoms with van der Waals surface area (Å²) in [7, 11) is -3.61. The molecule has 0 atom stereocenters. The van der Waals surface area contributed by atoms with Crippen molar-refractivity contribution in [3.05, 3.63) is 52.7 Å². The van der Waals surface area contributed by atoms with Gasteiger partial charge in [-0.1, -0.05) is 30.4 Å². The molecule has 0 fully saturated rings. The van der Waals surface area contributed by atoms with E-state index < -0.39 is 15.8 Å². The SMILES string of the molecule is NC(=S)c1ccc(CNS(=O)(=O)c2cccs2)c(F)c1. The zero-order valence-corrected chi connectivity index (χ0v) is 12.6. The topological polar surface area (TPSA) is 72.2 Å². The Morgan fingerprint density at radius 1 is 1.40 bits per heavy atom. The second kappa shape index (κ2) is 5.96. The summed E-state index contributed by atoms with van der Waals surface area (Å²) in [6.45, 7) is -0.135. The maximum atomic E-state index is 13.8. The van der Waals surface area contributed by atoms with E-state index >= 15 is 0 Å². The molecule has 1 aromatic heterocycles. The van der Waals surface area contributed by atoms with Gasteiger partial charge in [0.1, 0.15) is 15.0 Å². The van der Waals surface area contributed by atoms with E-state index in [9.17, 15) is 12.8 Å². The molecular weight excluding hydrogens is 319 g/mol. The second-order valence-corrected chi connectivity index (χ2v) is 7.31. The average molecular weight is 330 g/mol. The van der Waals surface area contributed by atoms with E-state index in [1.165, 1.54) is 18.2 Å².